The van der Waals surface area contributed by atoms with E-state index in [9.17, 15) is 18.0 Å². The third-order valence-corrected chi connectivity index (χ3v) is 2.54. The SMILES string of the molecule is Nc1c(NC2(C(F)(F)F)CC2)nc[nH]c1=O. The van der Waals surface area contributed by atoms with E-state index in [1.807, 2.05) is 0 Å². The van der Waals surface area contributed by atoms with Gasteiger partial charge in [0.2, 0.25) is 0 Å². The molecular formula is C8H9F3N4O. The minimum Gasteiger partial charge on any atom is -0.391 e. The Hall–Kier alpha value is -1.73. The molecule has 0 spiro atoms. The van der Waals surface area contributed by atoms with Crippen LogP contribution in [0, 0.1) is 0 Å². The zero-order chi connectivity index (χ0) is 12.0. The van der Waals surface area contributed by atoms with Gasteiger partial charge in [-0.1, -0.05) is 0 Å². The molecule has 2 rings (SSSR count). The molecule has 0 unspecified atom stereocenters. The maximum atomic E-state index is 12.6. The van der Waals surface area contributed by atoms with E-state index in [4.69, 9.17) is 5.73 Å². The Balaban J connectivity index is 2.29. The number of rotatable bonds is 2. The van der Waals surface area contributed by atoms with Crippen LogP contribution in [0.3, 0.4) is 0 Å². The summed E-state index contributed by atoms with van der Waals surface area (Å²) >= 11 is 0. The second-order valence-corrected chi connectivity index (χ2v) is 3.70. The lowest BCUT2D eigenvalue weighted by Crippen LogP contribution is -2.39. The first kappa shape index (κ1) is 10.8. The second-order valence-electron chi connectivity index (χ2n) is 3.70. The fourth-order valence-electron chi connectivity index (χ4n) is 1.34. The van der Waals surface area contributed by atoms with Gasteiger partial charge in [0.25, 0.3) is 5.56 Å². The summed E-state index contributed by atoms with van der Waals surface area (Å²) in [6, 6.07) is 0. The van der Waals surface area contributed by atoms with Crippen molar-refractivity contribution in [3.63, 3.8) is 0 Å². The van der Waals surface area contributed by atoms with E-state index in [-0.39, 0.29) is 24.3 Å². The lowest BCUT2D eigenvalue weighted by molar-refractivity contribution is -0.151. The summed E-state index contributed by atoms with van der Waals surface area (Å²) in [5.41, 5.74) is 2.36. The monoisotopic (exact) mass is 234 g/mol. The third-order valence-electron chi connectivity index (χ3n) is 2.54. The topological polar surface area (TPSA) is 83.8 Å². The molecule has 1 aliphatic carbocycles. The molecule has 5 nitrogen and oxygen atoms in total. The number of nitrogens with zero attached hydrogens (tertiary/aromatic N) is 1. The van der Waals surface area contributed by atoms with Gasteiger partial charge < -0.3 is 16.0 Å². The van der Waals surface area contributed by atoms with Crippen LogP contribution in [-0.2, 0) is 0 Å². The number of anilines is 2. The Morgan fingerprint density at radius 2 is 2.12 bits per heavy atom. The minimum atomic E-state index is -4.37. The van der Waals surface area contributed by atoms with E-state index >= 15 is 0 Å². The molecule has 16 heavy (non-hydrogen) atoms. The number of nitrogen functional groups attached to an aromatic ring is 1. The molecule has 0 aromatic carbocycles. The predicted octanol–water partition coefficient (Wildman–Crippen LogP) is 0.859. The summed E-state index contributed by atoms with van der Waals surface area (Å²) in [5, 5.41) is 2.20. The molecule has 1 aliphatic rings. The summed E-state index contributed by atoms with van der Waals surface area (Å²) < 4.78 is 37.8. The Kier molecular flexibility index (Phi) is 2.11. The van der Waals surface area contributed by atoms with Crippen LogP contribution in [0.4, 0.5) is 24.7 Å². The first-order valence-corrected chi connectivity index (χ1v) is 4.54. The standard InChI is InChI=1S/C8H9F3N4O/c9-8(10,11)7(1-2-7)15-5-4(12)6(16)14-3-13-5/h3H,1-2,12H2,(H2,13,14,15,16). The van der Waals surface area contributed by atoms with Gasteiger partial charge in [-0.15, -0.1) is 0 Å². The van der Waals surface area contributed by atoms with E-state index in [1.54, 1.807) is 0 Å². The first-order chi connectivity index (χ1) is 7.36. The quantitative estimate of drug-likeness (QED) is 0.708. The molecule has 0 amide bonds. The number of aromatic nitrogens is 2. The van der Waals surface area contributed by atoms with Crippen LogP contribution in [0.25, 0.3) is 0 Å². The van der Waals surface area contributed by atoms with Crippen LogP contribution < -0.4 is 16.6 Å². The highest BCUT2D eigenvalue weighted by Gasteiger charge is 2.63. The molecule has 0 saturated heterocycles. The number of hydrogen-bond donors (Lipinski definition) is 3. The van der Waals surface area contributed by atoms with Gasteiger partial charge in [0, 0.05) is 0 Å². The summed E-state index contributed by atoms with van der Waals surface area (Å²) in [4.78, 5) is 16.8. The van der Waals surface area contributed by atoms with Gasteiger partial charge in [0.15, 0.2) is 5.82 Å². The van der Waals surface area contributed by atoms with Crippen LogP contribution in [0.15, 0.2) is 11.1 Å². The number of aromatic amines is 1. The molecule has 1 aromatic rings. The molecule has 8 heteroatoms. The maximum Gasteiger partial charge on any atom is 0.411 e. The molecular weight excluding hydrogens is 225 g/mol. The highest BCUT2D eigenvalue weighted by Crippen LogP contribution is 2.51. The Labute approximate surface area is 87.9 Å². The van der Waals surface area contributed by atoms with Gasteiger partial charge in [0.05, 0.1) is 6.33 Å². The normalized spacial score (nSPS) is 18.2. The lowest BCUT2D eigenvalue weighted by Gasteiger charge is -2.21. The van der Waals surface area contributed by atoms with Crippen molar-refractivity contribution in [2.45, 2.75) is 24.6 Å². The van der Waals surface area contributed by atoms with Crippen LogP contribution in [0.5, 0.6) is 0 Å². The van der Waals surface area contributed by atoms with E-state index in [1.165, 1.54) is 0 Å². The second kappa shape index (κ2) is 3.13. The van der Waals surface area contributed by atoms with E-state index in [2.05, 4.69) is 15.3 Å². The number of nitrogens with two attached hydrogens (primary N) is 1. The molecule has 1 heterocycles. The molecule has 88 valence electrons. The van der Waals surface area contributed by atoms with Gasteiger partial charge in [-0.25, -0.2) is 4.98 Å². The molecule has 0 aliphatic heterocycles. The maximum absolute atomic E-state index is 12.6. The van der Waals surface area contributed by atoms with Crippen molar-refractivity contribution in [3.05, 3.63) is 16.7 Å². The summed E-state index contributed by atoms with van der Waals surface area (Å²) in [6.07, 6.45) is -3.44. The predicted molar refractivity (Wildman–Crippen MR) is 50.9 cm³/mol. The first-order valence-electron chi connectivity index (χ1n) is 4.54. The van der Waals surface area contributed by atoms with Gasteiger partial charge in [-0.2, -0.15) is 13.2 Å². The van der Waals surface area contributed by atoms with E-state index in [0.29, 0.717) is 0 Å². The molecule has 4 N–H and O–H groups in total. The van der Waals surface area contributed by atoms with Crippen molar-refractivity contribution in [1.29, 1.82) is 0 Å². The zero-order valence-electron chi connectivity index (χ0n) is 8.06. The smallest absolute Gasteiger partial charge is 0.391 e. The van der Waals surface area contributed by atoms with Crippen LogP contribution >= 0.6 is 0 Å². The van der Waals surface area contributed by atoms with Crippen molar-refractivity contribution in [2.75, 3.05) is 11.1 Å². The average molecular weight is 234 g/mol. The van der Waals surface area contributed by atoms with Gasteiger partial charge in [0.1, 0.15) is 11.2 Å². The van der Waals surface area contributed by atoms with E-state index in [0.717, 1.165) is 6.33 Å². The van der Waals surface area contributed by atoms with Crippen molar-refractivity contribution in [1.82, 2.24) is 9.97 Å². The minimum absolute atomic E-state index is 0.0373. The zero-order valence-corrected chi connectivity index (χ0v) is 8.06. The van der Waals surface area contributed by atoms with Crippen LogP contribution in [0.1, 0.15) is 12.8 Å². The molecule has 1 fully saturated rings. The Morgan fingerprint density at radius 1 is 1.50 bits per heavy atom. The highest BCUT2D eigenvalue weighted by molar-refractivity contribution is 5.61. The van der Waals surface area contributed by atoms with Crippen molar-refractivity contribution >= 4 is 11.5 Å². The summed E-state index contributed by atoms with van der Waals surface area (Å²) in [7, 11) is 0. The third kappa shape index (κ3) is 1.59. The number of H-pyrrole nitrogens is 1. The average Bonchev–Trinajstić information content (AvgIpc) is 2.93. The van der Waals surface area contributed by atoms with Gasteiger partial charge in [-0.3, -0.25) is 4.79 Å². The van der Waals surface area contributed by atoms with Gasteiger partial charge >= 0.3 is 6.18 Å². The fourth-order valence-corrected chi connectivity index (χ4v) is 1.34. The number of halogens is 3. The number of alkyl halides is 3. The Bertz CT molecular complexity index is 463. The fraction of sp³-hybridized carbons (Fsp3) is 0.500. The molecule has 1 saturated carbocycles. The van der Waals surface area contributed by atoms with Crippen molar-refractivity contribution in [2.24, 2.45) is 0 Å². The van der Waals surface area contributed by atoms with Gasteiger partial charge in [-0.05, 0) is 12.8 Å². The van der Waals surface area contributed by atoms with Crippen molar-refractivity contribution in [3.8, 4) is 0 Å². The Morgan fingerprint density at radius 3 is 2.62 bits per heavy atom. The lowest BCUT2D eigenvalue weighted by atomic mass is 10.2. The molecule has 0 radical (unpaired) electrons. The summed E-state index contributed by atoms with van der Waals surface area (Å²) in [5.74, 6) is -0.224. The van der Waals surface area contributed by atoms with Crippen molar-refractivity contribution < 1.29 is 13.2 Å². The van der Waals surface area contributed by atoms with E-state index < -0.39 is 17.3 Å². The number of nitrogens with one attached hydrogen (secondary N) is 2. The molecule has 1 aromatic heterocycles. The van der Waals surface area contributed by atoms with Crippen LogP contribution in [0.2, 0.25) is 0 Å². The summed E-state index contributed by atoms with van der Waals surface area (Å²) in [6.45, 7) is 0. The molecule has 0 atom stereocenters. The highest BCUT2D eigenvalue weighted by atomic mass is 19.4. The number of hydrogen-bond acceptors (Lipinski definition) is 4. The molecule has 0 bridgehead atoms. The largest absolute Gasteiger partial charge is 0.411 e. The van der Waals surface area contributed by atoms with Crippen LogP contribution in [-0.4, -0.2) is 21.7 Å².